The van der Waals surface area contributed by atoms with E-state index in [4.69, 9.17) is 33.7 Å². The number of primary amides is 1. The van der Waals surface area contributed by atoms with Gasteiger partial charge in [-0.2, -0.15) is 0 Å². The molecule has 1 aliphatic heterocycles. The van der Waals surface area contributed by atoms with Gasteiger partial charge in [-0.3, -0.25) is 9.69 Å². The fraction of sp³-hybridized carbons (Fsp3) is 0.462. The molecule has 1 aromatic carbocycles. The lowest BCUT2D eigenvalue weighted by Crippen LogP contribution is -2.40. The second kappa shape index (κ2) is 6.57. The highest BCUT2D eigenvalue weighted by Crippen LogP contribution is 2.30. The van der Waals surface area contributed by atoms with Crippen molar-refractivity contribution in [1.82, 2.24) is 4.90 Å². The molecule has 104 valence electrons. The average molecular weight is 303 g/mol. The maximum atomic E-state index is 11.3. The van der Waals surface area contributed by atoms with Crippen molar-refractivity contribution < 1.29 is 9.53 Å². The minimum Gasteiger partial charge on any atom is -0.379 e. The quantitative estimate of drug-likeness (QED) is 0.928. The summed E-state index contributed by atoms with van der Waals surface area (Å²) in [5.41, 5.74) is 6.30. The van der Waals surface area contributed by atoms with Crippen molar-refractivity contribution in [2.45, 2.75) is 12.5 Å². The van der Waals surface area contributed by atoms with E-state index in [-0.39, 0.29) is 18.4 Å². The van der Waals surface area contributed by atoms with Crippen LogP contribution in [0.25, 0.3) is 0 Å². The van der Waals surface area contributed by atoms with Gasteiger partial charge in [0.25, 0.3) is 0 Å². The molecule has 1 aromatic rings. The van der Waals surface area contributed by atoms with Crippen LogP contribution in [0.3, 0.4) is 0 Å². The molecule has 6 heteroatoms. The molecule has 1 saturated heterocycles. The molecule has 19 heavy (non-hydrogen) atoms. The molecule has 4 nitrogen and oxygen atoms in total. The first kappa shape index (κ1) is 14.6. The van der Waals surface area contributed by atoms with Gasteiger partial charge in [-0.05, 0) is 17.7 Å². The summed E-state index contributed by atoms with van der Waals surface area (Å²) in [6.45, 7) is 2.88. The third-order valence-electron chi connectivity index (χ3n) is 3.21. The smallest absolute Gasteiger partial charge is 0.219 e. The lowest BCUT2D eigenvalue weighted by atomic mass is 10.0. The van der Waals surface area contributed by atoms with Gasteiger partial charge in [0.1, 0.15) is 0 Å². The van der Waals surface area contributed by atoms with Gasteiger partial charge in [0.05, 0.1) is 23.3 Å². The molecule has 1 heterocycles. The molecule has 1 amide bonds. The first-order chi connectivity index (χ1) is 9.08. The first-order valence-corrected chi connectivity index (χ1v) is 6.88. The van der Waals surface area contributed by atoms with E-state index in [1.807, 2.05) is 6.07 Å². The predicted octanol–water partition coefficient (Wildman–Crippen LogP) is 2.24. The van der Waals surface area contributed by atoms with E-state index in [2.05, 4.69) is 4.90 Å². The standard InChI is InChI=1S/C13H16Cl2N2O2/c14-10-2-1-9(7-11(10)15)12(8-13(16)18)17-3-5-19-6-4-17/h1-2,7,12H,3-6,8H2,(H2,16,18). The third-order valence-corrected chi connectivity index (χ3v) is 3.95. The van der Waals surface area contributed by atoms with Crippen molar-refractivity contribution in [2.24, 2.45) is 5.73 Å². The maximum Gasteiger partial charge on any atom is 0.219 e. The Kier molecular flexibility index (Phi) is 5.05. The second-order valence-corrected chi connectivity index (χ2v) is 5.32. The Labute approximate surface area is 122 Å². The molecule has 1 unspecified atom stereocenters. The summed E-state index contributed by atoms with van der Waals surface area (Å²) in [7, 11) is 0. The Morgan fingerprint density at radius 3 is 2.58 bits per heavy atom. The normalized spacial score (nSPS) is 18.2. The molecule has 1 fully saturated rings. The van der Waals surface area contributed by atoms with Crippen LogP contribution in [0.15, 0.2) is 18.2 Å². The number of hydrogen-bond donors (Lipinski definition) is 1. The van der Waals surface area contributed by atoms with Crippen molar-refractivity contribution in [3.05, 3.63) is 33.8 Å². The first-order valence-electron chi connectivity index (χ1n) is 6.13. The molecule has 2 rings (SSSR count). The number of morpholine rings is 1. The molecule has 1 atom stereocenters. The van der Waals surface area contributed by atoms with Crippen molar-refractivity contribution in [2.75, 3.05) is 26.3 Å². The van der Waals surface area contributed by atoms with Crippen molar-refractivity contribution in [3.63, 3.8) is 0 Å². The third kappa shape index (κ3) is 3.83. The number of rotatable bonds is 4. The predicted molar refractivity (Wildman–Crippen MR) is 75.4 cm³/mol. The zero-order valence-corrected chi connectivity index (χ0v) is 12.0. The summed E-state index contributed by atoms with van der Waals surface area (Å²) in [5.74, 6) is -0.331. The topological polar surface area (TPSA) is 55.6 Å². The fourth-order valence-corrected chi connectivity index (χ4v) is 2.56. The Bertz CT molecular complexity index is 462. The average Bonchev–Trinajstić information content (AvgIpc) is 2.40. The highest BCUT2D eigenvalue weighted by molar-refractivity contribution is 6.42. The molecule has 0 saturated carbocycles. The Hall–Kier alpha value is -0.810. The molecule has 2 N–H and O–H groups in total. The largest absolute Gasteiger partial charge is 0.379 e. The minimum absolute atomic E-state index is 0.0730. The summed E-state index contributed by atoms with van der Waals surface area (Å²) in [6, 6.07) is 5.36. The van der Waals surface area contributed by atoms with Gasteiger partial charge < -0.3 is 10.5 Å². The van der Waals surface area contributed by atoms with Gasteiger partial charge in [-0.25, -0.2) is 0 Å². The van der Waals surface area contributed by atoms with Crippen molar-refractivity contribution >= 4 is 29.1 Å². The number of amides is 1. The van der Waals surface area contributed by atoms with E-state index in [0.29, 0.717) is 23.3 Å². The molecular weight excluding hydrogens is 287 g/mol. The van der Waals surface area contributed by atoms with Gasteiger partial charge in [0.15, 0.2) is 0 Å². The summed E-state index contributed by atoms with van der Waals surface area (Å²) < 4.78 is 5.33. The van der Waals surface area contributed by atoms with E-state index in [0.717, 1.165) is 18.7 Å². The van der Waals surface area contributed by atoms with Crippen LogP contribution in [0.1, 0.15) is 18.0 Å². The highest BCUT2D eigenvalue weighted by Gasteiger charge is 2.24. The van der Waals surface area contributed by atoms with Gasteiger partial charge in [0.2, 0.25) is 5.91 Å². The van der Waals surface area contributed by atoms with E-state index in [1.54, 1.807) is 12.1 Å². The van der Waals surface area contributed by atoms with Gasteiger partial charge in [0, 0.05) is 25.6 Å². The fourth-order valence-electron chi connectivity index (χ4n) is 2.26. The number of benzene rings is 1. The number of ether oxygens (including phenoxy) is 1. The van der Waals surface area contributed by atoms with Crippen LogP contribution in [0.5, 0.6) is 0 Å². The number of nitrogens with two attached hydrogens (primary N) is 1. The minimum atomic E-state index is -0.331. The molecule has 0 bridgehead atoms. The van der Waals surface area contributed by atoms with E-state index < -0.39 is 0 Å². The highest BCUT2D eigenvalue weighted by atomic mass is 35.5. The number of halogens is 2. The zero-order chi connectivity index (χ0) is 13.8. The van der Waals surface area contributed by atoms with Crippen LogP contribution >= 0.6 is 23.2 Å². The molecule has 0 aliphatic carbocycles. The number of nitrogens with zero attached hydrogens (tertiary/aromatic N) is 1. The molecule has 0 radical (unpaired) electrons. The number of carbonyl (C=O) groups is 1. The maximum absolute atomic E-state index is 11.3. The van der Waals surface area contributed by atoms with Crippen LogP contribution in [0, 0.1) is 0 Å². The number of carbonyl (C=O) groups excluding carboxylic acids is 1. The van der Waals surface area contributed by atoms with Crippen molar-refractivity contribution in [3.8, 4) is 0 Å². The molecule has 0 spiro atoms. The SMILES string of the molecule is NC(=O)CC(c1ccc(Cl)c(Cl)c1)N1CCOCC1. The number of hydrogen-bond acceptors (Lipinski definition) is 3. The Balaban J connectivity index is 2.24. The van der Waals surface area contributed by atoms with Crippen LogP contribution < -0.4 is 5.73 Å². The Morgan fingerprint density at radius 2 is 2.00 bits per heavy atom. The van der Waals surface area contributed by atoms with E-state index in [1.165, 1.54) is 0 Å². The zero-order valence-electron chi connectivity index (χ0n) is 10.4. The molecule has 0 aromatic heterocycles. The van der Waals surface area contributed by atoms with Crippen LogP contribution in [0.2, 0.25) is 10.0 Å². The van der Waals surface area contributed by atoms with E-state index in [9.17, 15) is 4.79 Å². The van der Waals surface area contributed by atoms with Crippen molar-refractivity contribution in [1.29, 1.82) is 0 Å². The molecular formula is C13H16Cl2N2O2. The lowest BCUT2D eigenvalue weighted by molar-refractivity contribution is -0.119. The van der Waals surface area contributed by atoms with Crippen LogP contribution in [-0.4, -0.2) is 37.1 Å². The monoisotopic (exact) mass is 302 g/mol. The Morgan fingerprint density at radius 1 is 1.32 bits per heavy atom. The lowest BCUT2D eigenvalue weighted by Gasteiger charge is -2.34. The van der Waals surface area contributed by atoms with E-state index >= 15 is 0 Å². The molecule has 1 aliphatic rings. The van der Waals surface area contributed by atoms with Gasteiger partial charge >= 0.3 is 0 Å². The van der Waals surface area contributed by atoms with Crippen LogP contribution in [-0.2, 0) is 9.53 Å². The summed E-state index contributed by atoms with van der Waals surface area (Å²) >= 11 is 12.0. The summed E-state index contributed by atoms with van der Waals surface area (Å²) in [5, 5.41) is 0.993. The van der Waals surface area contributed by atoms with Gasteiger partial charge in [-0.15, -0.1) is 0 Å². The van der Waals surface area contributed by atoms with Gasteiger partial charge in [-0.1, -0.05) is 29.3 Å². The summed E-state index contributed by atoms with van der Waals surface area (Å²) in [4.78, 5) is 13.5. The summed E-state index contributed by atoms with van der Waals surface area (Å²) in [6.07, 6.45) is 0.262. The van der Waals surface area contributed by atoms with Crippen LogP contribution in [0.4, 0.5) is 0 Å². The second-order valence-electron chi connectivity index (χ2n) is 4.51.